The van der Waals surface area contributed by atoms with Gasteiger partial charge in [0.25, 0.3) is 20.0 Å². The minimum atomic E-state index is -4.14. The maximum atomic E-state index is 13.7. The van der Waals surface area contributed by atoms with Gasteiger partial charge in [0.2, 0.25) is 5.91 Å². The molecule has 9 nitrogen and oxygen atoms in total. The molecule has 4 rings (SSSR count). The average molecular weight is 614 g/mol. The van der Waals surface area contributed by atoms with Crippen molar-refractivity contribution >= 4 is 54.6 Å². The lowest BCUT2D eigenvalue weighted by Crippen LogP contribution is -2.38. The fraction of sp³-hybridized carbons (Fsp3) is 0.138. The normalized spacial score (nSPS) is 11.5. The van der Waals surface area contributed by atoms with Crippen LogP contribution in [0.25, 0.3) is 0 Å². The third-order valence-electron chi connectivity index (χ3n) is 6.19. The van der Waals surface area contributed by atoms with Crippen LogP contribution < -0.4 is 19.1 Å². The zero-order chi connectivity index (χ0) is 29.8. The number of carbonyl (C=O) groups is 1. The van der Waals surface area contributed by atoms with Gasteiger partial charge in [0, 0.05) is 16.4 Å². The molecule has 214 valence electrons. The first-order chi connectivity index (χ1) is 19.4. The summed E-state index contributed by atoms with van der Waals surface area (Å²) in [6.45, 7) is 2.97. The molecule has 0 atom stereocenters. The maximum Gasteiger partial charge on any atom is 0.264 e. The van der Waals surface area contributed by atoms with Gasteiger partial charge < -0.3 is 10.1 Å². The molecule has 0 aliphatic carbocycles. The van der Waals surface area contributed by atoms with Crippen LogP contribution in [0.1, 0.15) is 11.1 Å². The Morgan fingerprint density at radius 2 is 1.39 bits per heavy atom. The fourth-order valence-corrected chi connectivity index (χ4v) is 6.63. The molecule has 12 heteroatoms. The quantitative estimate of drug-likeness (QED) is 0.240. The molecule has 0 aliphatic heterocycles. The predicted molar refractivity (Wildman–Crippen MR) is 161 cm³/mol. The van der Waals surface area contributed by atoms with E-state index in [1.807, 2.05) is 6.92 Å². The molecule has 4 aromatic rings. The Morgan fingerprint density at radius 1 is 0.805 bits per heavy atom. The number of aryl methyl sites for hydroxylation is 1. The Hall–Kier alpha value is -4.06. The van der Waals surface area contributed by atoms with E-state index in [1.165, 1.54) is 43.5 Å². The number of benzene rings is 4. The molecule has 41 heavy (non-hydrogen) atoms. The summed E-state index contributed by atoms with van der Waals surface area (Å²) in [7, 11) is -6.53. The van der Waals surface area contributed by atoms with Crippen LogP contribution in [0.2, 0.25) is 5.02 Å². The summed E-state index contributed by atoms with van der Waals surface area (Å²) in [4.78, 5) is 13.1. The van der Waals surface area contributed by atoms with E-state index in [4.69, 9.17) is 16.3 Å². The topological polar surface area (TPSA) is 122 Å². The number of carbonyl (C=O) groups excluding carboxylic acids is 1. The van der Waals surface area contributed by atoms with Gasteiger partial charge in [0.05, 0.1) is 22.6 Å². The van der Waals surface area contributed by atoms with E-state index in [-0.39, 0.29) is 21.2 Å². The van der Waals surface area contributed by atoms with E-state index in [9.17, 15) is 21.6 Å². The second-order valence-corrected chi connectivity index (χ2v) is 13.1. The second-order valence-electron chi connectivity index (χ2n) is 9.12. The number of nitrogens with one attached hydrogen (secondary N) is 2. The first-order valence-electron chi connectivity index (χ1n) is 12.3. The molecular formula is C29H28ClN3O6S2. The van der Waals surface area contributed by atoms with E-state index in [1.54, 1.807) is 61.5 Å². The van der Waals surface area contributed by atoms with Crippen molar-refractivity contribution in [2.45, 2.75) is 23.6 Å². The zero-order valence-corrected chi connectivity index (χ0v) is 24.8. The highest BCUT2D eigenvalue weighted by atomic mass is 35.5. The van der Waals surface area contributed by atoms with Crippen LogP contribution in [-0.2, 0) is 24.8 Å². The van der Waals surface area contributed by atoms with Crippen molar-refractivity contribution in [2.75, 3.05) is 28.0 Å². The summed E-state index contributed by atoms with van der Waals surface area (Å²) >= 11 is 6.28. The predicted octanol–water partition coefficient (Wildman–Crippen LogP) is 5.60. The number of rotatable bonds is 10. The lowest BCUT2D eigenvalue weighted by atomic mass is 10.2. The Balaban J connectivity index is 1.54. The lowest BCUT2D eigenvalue weighted by molar-refractivity contribution is -0.114. The van der Waals surface area contributed by atoms with Crippen molar-refractivity contribution in [3.63, 3.8) is 0 Å². The highest BCUT2D eigenvalue weighted by Crippen LogP contribution is 2.31. The third-order valence-corrected chi connectivity index (χ3v) is 9.78. The number of nitrogens with zero attached hydrogens (tertiary/aromatic N) is 1. The Morgan fingerprint density at radius 3 is 2.00 bits per heavy atom. The lowest BCUT2D eigenvalue weighted by Gasteiger charge is -2.26. The Labute approximate surface area is 244 Å². The highest BCUT2D eigenvalue weighted by molar-refractivity contribution is 7.93. The van der Waals surface area contributed by atoms with Gasteiger partial charge in [-0.15, -0.1) is 0 Å². The molecule has 0 fully saturated rings. The van der Waals surface area contributed by atoms with Gasteiger partial charge in [-0.2, -0.15) is 0 Å². The summed E-state index contributed by atoms with van der Waals surface area (Å²) in [6.07, 6.45) is 0. The van der Waals surface area contributed by atoms with Gasteiger partial charge in [-0.3, -0.25) is 13.8 Å². The molecule has 0 aliphatic rings. The van der Waals surface area contributed by atoms with Crippen LogP contribution in [-0.4, -0.2) is 36.4 Å². The number of ether oxygens (including phenoxy) is 1. The van der Waals surface area contributed by atoms with Gasteiger partial charge in [0.1, 0.15) is 12.3 Å². The van der Waals surface area contributed by atoms with Crippen LogP contribution in [0.3, 0.4) is 0 Å². The number of hydrogen-bond donors (Lipinski definition) is 2. The van der Waals surface area contributed by atoms with E-state index in [2.05, 4.69) is 10.0 Å². The molecule has 0 saturated heterocycles. The van der Waals surface area contributed by atoms with E-state index in [0.717, 1.165) is 9.87 Å². The van der Waals surface area contributed by atoms with Crippen molar-refractivity contribution in [1.29, 1.82) is 0 Å². The second kappa shape index (κ2) is 12.2. The molecule has 0 saturated carbocycles. The van der Waals surface area contributed by atoms with Gasteiger partial charge in [-0.1, -0.05) is 35.4 Å². The van der Waals surface area contributed by atoms with Gasteiger partial charge in [-0.25, -0.2) is 16.8 Å². The number of anilines is 3. The minimum absolute atomic E-state index is 0.0224. The fourth-order valence-electron chi connectivity index (χ4n) is 3.92. The van der Waals surface area contributed by atoms with Crippen molar-refractivity contribution in [3.05, 3.63) is 107 Å². The van der Waals surface area contributed by atoms with Crippen molar-refractivity contribution in [1.82, 2.24) is 0 Å². The average Bonchev–Trinajstić information content (AvgIpc) is 2.94. The minimum Gasteiger partial charge on any atom is -0.497 e. The van der Waals surface area contributed by atoms with Crippen LogP contribution in [0, 0.1) is 13.8 Å². The number of amides is 1. The van der Waals surface area contributed by atoms with Crippen LogP contribution >= 0.6 is 11.6 Å². The van der Waals surface area contributed by atoms with Gasteiger partial charge in [-0.05, 0) is 92.2 Å². The molecule has 0 spiro atoms. The standard InChI is InChI=1S/C29H28ClN3O6S2/c1-20-7-15-26(16-8-20)41(37,38)33(28-6-4-5-27(30)21(28)2)19-29(34)31-22-11-17-25(18-12-22)40(35,36)32-23-9-13-24(39-3)14-10-23/h4-18,32H,19H2,1-3H3,(H,31,34). The van der Waals surface area contributed by atoms with E-state index < -0.39 is 32.5 Å². The molecule has 2 N–H and O–H groups in total. The van der Waals surface area contributed by atoms with E-state index in [0.29, 0.717) is 22.0 Å². The molecule has 4 aromatic carbocycles. The molecule has 1 amide bonds. The molecule has 0 unspecified atom stereocenters. The van der Waals surface area contributed by atoms with Crippen molar-refractivity contribution in [3.8, 4) is 5.75 Å². The van der Waals surface area contributed by atoms with Crippen molar-refractivity contribution < 1.29 is 26.4 Å². The molecular weight excluding hydrogens is 586 g/mol. The van der Waals surface area contributed by atoms with E-state index >= 15 is 0 Å². The maximum absolute atomic E-state index is 13.7. The number of hydrogen-bond acceptors (Lipinski definition) is 6. The Bertz CT molecular complexity index is 1760. The first-order valence-corrected chi connectivity index (χ1v) is 15.6. The van der Waals surface area contributed by atoms with Crippen LogP contribution in [0.4, 0.5) is 17.1 Å². The molecule has 0 radical (unpaired) electrons. The van der Waals surface area contributed by atoms with Crippen LogP contribution in [0.15, 0.2) is 101 Å². The largest absolute Gasteiger partial charge is 0.497 e. The third kappa shape index (κ3) is 6.99. The zero-order valence-electron chi connectivity index (χ0n) is 22.5. The summed E-state index contributed by atoms with van der Waals surface area (Å²) in [6, 6.07) is 23.1. The summed E-state index contributed by atoms with van der Waals surface area (Å²) in [5.41, 5.74) is 2.29. The Kier molecular flexibility index (Phi) is 8.91. The molecule has 0 heterocycles. The number of halogens is 1. The summed E-state index contributed by atoms with van der Waals surface area (Å²) < 4.78 is 61.5. The van der Waals surface area contributed by atoms with Gasteiger partial charge in [0.15, 0.2) is 0 Å². The highest BCUT2D eigenvalue weighted by Gasteiger charge is 2.29. The summed E-state index contributed by atoms with van der Waals surface area (Å²) in [5, 5.41) is 3.00. The SMILES string of the molecule is COc1ccc(NS(=O)(=O)c2ccc(NC(=O)CN(c3cccc(Cl)c3C)S(=O)(=O)c3ccc(C)cc3)cc2)cc1. The molecule has 0 aromatic heterocycles. The summed E-state index contributed by atoms with van der Waals surface area (Å²) in [5.74, 6) is -0.0455. The monoisotopic (exact) mass is 613 g/mol. The number of methoxy groups -OCH3 is 1. The van der Waals surface area contributed by atoms with Gasteiger partial charge >= 0.3 is 0 Å². The molecule has 0 bridgehead atoms. The smallest absolute Gasteiger partial charge is 0.264 e. The van der Waals surface area contributed by atoms with Crippen LogP contribution in [0.5, 0.6) is 5.75 Å². The first kappa shape index (κ1) is 29.9. The number of sulfonamides is 2. The van der Waals surface area contributed by atoms with Crippen molar-refractivity contribution in [2.24, 2.45) is 0 Å².